The summed E-state index contributed by atoms with van der Waals surface area (Å²) in [6, 6.07) is -12.8. The van der Waals surface area contributed by atoms with Crippen LogP contribution in [0, 0.1) is 23.7 Å². The molecule has 0 spiro atoms. The van der Waals surface area contributed by atoms with Crippen LogP contribution >= 0.6 is 0 Å². The number of unbranched alkanes of at least 4 members (excludes halogenated alkanes) is 1. The molecular weight excluding hydrogens is 1440 g/mol. The smallest absolute Gasteiger partial charge is 0.328 e. The number of aliphatic hydroxyl groups is 3. The number of nitrogens with one attached hydrogen (secondary N) is 13. The molecule has 0 bridgehead atoms. The topological polar surface area (TPSA) is 681 Å². The number of amides is 12. The van der Waals surface area contributed by atoms with Crippen LogP contribution in [0.2, 0.25) is 0 Å². The minimum Gasteiger partial charge on any atom is -0.481 e. The second kappa shape index (κ2) is 49.0. The van der Waals surface area contributed by atoms with Gasteiger partial charge in [-0.25, -0.2) is 4.79 Å². The molecule has 0 fully saturated rings. The number of H-pyrrole nitrogens is 1. The number of aliphatic hydroxyl groups excluding tert-OH is 3. The largest absolute Gasteiger partial charge is 0.481 e. The molecule has 0 radical (unpaired) electrons. The average molecular weight is 1560 g/mol. The van der Waals surface area contributed by atoms with Gasteiger partial charge in [-0.3, -0.25) is 72.3 Å². The second-order valence-electron chi connectivity index (χ2n) is 28.1. The van der Waals surface area contributed by atoms with Crippen molar-refractivity contribution in [3.05, 3.63) is 36.0 Å². The van der Waals surface area contributed by atoms with Gasteiger partial charge in [0.2, 0.25) is 70.9 Å². The third kappa shape index (κ3) is 33.7. The van der Waals surface area contributed by atoms with Crippen molar-refractivity contribution in [2.24, 2.45) is 68.1 Å². The van der Waals surface area contributed by atoms with Gasteiger partial charge < -0.3 is 129 Å². The molecule has 40 nitrogen and oxygen atoms in total. The minimum absolute atomic E-state index is 0.0144. The van der Waals surface area contributed by atoms with Gasteiger partial charge >= 0.3 is 11.9 Å². The lowest BCUT2D eigenvalue weighted by Crippen LogP contribution is -2.62. The summed E-state index contributed by atoms with van der Waals surface area (Å²) < 4.78 is 0. The Morgan fingerprint density at radius 2 is 0.845 bits per heavy atom. The number of aliphatic imine (C=N–C) groups is 2. The lowest BCUT2D eigenvalue weighted by atomic mass is 9.96. The molecule has 1 heterocycles. The number of benzene rings is 1. The highest BCUT2D eigenvalue weighted by molar-refractivity contribution is 6.00. The molecule has 0 aliphatic rings. The average Bonchev–Trinajstić information content (AvgIpc) is 1.64. The minimum atomic E-state index is -1.99. The second-order valence-corrected chi connectivity index (χ2v) is 28.1. The molecule has 0 unspecified atom stereocenters. The van der Waals surface area contributed by atoms with Gasteiger partial charge in [0, 0.05) is 36.6 Å². The van der Waals surface area contributed by atoms with Crippen molar-refractivity contribution < 1.29 is 92.7 Å². The van der Waals surface area contributed by atoms with E-state index in [0.29, 0.717) is 18.4 Å². The Hall–Kier alpha value is -10.3. The summed E-state index contributed by atoms with van der Waals surface area (Å²) >= 11 is 0. The number of hydrogen-bond acceptors (Lipinski definition) is 21. The summed E-state index contributed by atoms with van der Waals surface area (Å²) in [5.41, 5.74) is 35.2. The number of fused-ring (bicyclic) bond motifs is 1. The molecule has 30 N–H and O–H groups in total. The summed E-state index contributed by atoms with van der Waals surface area (Å²) in [7, 11) is 0. The highest BCUT2D eigenvalue weighted by atomic mass is 16.4. The highest BCUT2D eigenvalue weighted by Gasteiger charge is 2.39. The fraction of sp³-hybridized carbons (Fsp3) is 0.657. The number of carboxylic acid groups (broad SMARTS) is 2. The molecule has 40 heteroatoms. The van der Waals surface area contributed by atoms with Crippen molar-refractivity contribution >= 4 is 106 Å². The van der Waals surface area contributed by atoms with Crippen LogP contribution in [-0.4, -0.2) is 243 Å². The molecule has 618 valence electrons. The van der Waals surface area contributed by atoms with Gasteiger partial charge in [-0.2, -0.15) is 0 Å². The van der Waals surface area contributed by atoms with Crippen LogP contribution in [0.3, 0.4) is 0 Å². The maximum absolute atomic E-state index is 14.7. The van der Waals surface area contributed by atoms with Crippen LogP contribution in [0.25, 0.3) is 10.9 Å². The van der Waals surface area contributed by atoms with E-state index >= 15 is 0 Å². The molecular formula is C70H119N21O19. The zero-order valence-corrected chi connectivity index (χ0v) is 64.3. The standard InChI is InChI=1S/C70H119N21O19/c1-11-36(7)53(89-57(98)42(72)32-92)67(108)87-49(29-40-31-79-43-20-14-13-19-41(40)43)62(103)84-47(27-34(3)4)61(102)80-38(9)56(97)81-45(22-17-25-77-69(73)74)58(99)82-44(21-15-16-24-71)60(101)90-54(37(8)12-2)66(107)83-46(23-18-26-78-70(75)76)59(100)88-51(33-93)65(106)86-50(30-52(95)96)63(104)85-48(28-35(5)6)64(105)91-55(39(10)94)68(109)110/h13-14,19-20,31,34-39,42,44-51,53-55,79,92-94H,11-12,15-18,21-30,32-33,71-72H2,1-10H3,(H,80,102)(H,81,97)(H,82,99)(H,83,107)(H,84,103)(H,85,104)(H,86,106)(H,87,108)(H,88,100)(H,89,98)(H,90,101)(H,91,105)(H,95,96)(H,109,110)(H4,73,74,77)(H4,75,76,78)/t36-,37-,38-,39+,42-,44-,45-,46-,47-,48-,49-,50-,51-,53-,54-,55-/m0/s1. The number of aliphatic carboxylic acids is 2. The van der Waals surface area contributed by atoms with E-state index in [1.54, 1.807) is 73.7 Å². The molecule has 1 aromatic heterocycles. The van der Waals surface area contributed by atoms with Gasteiger partial charge in [0.15, 0.2) is 18.0 Å². The van der Waals surface area contributed by atoms with Crippen molar-refractivity contribution in [3.63, 3.8) is 0 Å². The Morgan fingerprint density at radius 1 is 0.455 bits per heavy atom. The number of carbonyl (C=O) groups excluding carboxylic acids is 12. The number of aromatic nitrogens is 1. The lowest BCUT2D eigenvalue weighted by Gasteiger charge is -2.30. The summed E-state index contributed by atoms with van der Waals surface area (Å²) in [6.07, 6.45) is -0.545. The fourth-order valence-electron chi connectivity index (χ4n) is 11.2. The summed E-state index contributed by atoms with van der Waals surface area (Å²) in [5.74, 6) is -17.4. The first kappa shape index (κ1) is 95.8. The van der Waals surface area contributed by atoms with Crippen LogP contribution in [0.5, 0.6) is 0 Å². The van der Waals surface area contributed by atoms with Gasteiger partial charge in [-0.05, 0) is 113 Å². The maximum Gasteiger partial charge on any atom is 0.328 e. The number of nitrogens with zero attached hydrogens (tertiary/aromatic N) is 2. The molecule has 0 saturated heterocycles. The van der Waals surface area contributed by atoms with Crippen LogP contribution in [0.4, 0.5) is 0 Å². The van der Waals surface area contributed by atoms with E-state index in [4.69, 9.17) is 34.4 Å². The van der Waals surface area contributed by atoms with E-state index in [9.17, 15) is 92.7 Å². The zero-order valence-electron chi connectivity index (χ0n) is 64.3. The molecule has 0 saturated carbocycles. The van der Waals surface area contributed by atoms with E-state index in [2.05, 4.69) is 78.8 Å². The van der Waals surface area contributed by atoms with E-state index < -0.39 is 199 Å². The van der Waals surface area contributed by atoms with Gasteiger partial charge in [0.1, 0.15) is 72.5 Å². The number of para-hydroxylation sites is 1. The number of guanidine groups is 2. The number of carbonyl (C=O) groups is 14. The van der Waals surface area contributed by atoms with E-state index in [-0.39, 0.29) is 108 Å². The third-order valence-corrected chi connectivity index (χ3v) is 17.9. The van der Waals surface area contributed by atoms with Crippen molar-refractivity contribution in [1.82, 2.24) is 68.8 Å². The number of nitrogens with two attached hydrogens (primary N) is 6. The van der Waals surface area contributed by atoms with Gasteiger partial charge in [0.05, 0.1) is 25.7 Å². The Labute approximate surface area is 639 Å². The number of rotatable bonds is 52. The first-order valence-corrected chi connectivity index (χ1v) is 36.8. The first-order valence-electron chi connectivity index (χ1n) is 36.8. The molecule has 1 aromatic carbocycles. The zero-order chi connectivity index (χ0) is 83.2. The SMILES string of the molecule is CC[C@H](C)[C@H](NC(=O)[C@H](CCCCN)NC(=O)[C@H](CCCN=C(N)N)NC(=O)[C@H](C)NC(=O)[C@H](CC(C)C)NC(=O)[C@H](Cc1c[nH]c2ccccc12)NC(=O)[C@@H](NC(=O)[C@@H](N)CO)[C@@H](C)CC)C(=O)N[C@@H](CCCN=C(N)N)C(=O)N[C@@H](CO)C(=O)N[C@@H](CC(=O)O)C(=O)N[C@@H](CC(C)C)C(=O)N[C@H](C(=O)O)[C@@H](C)O. The lowest BCUT2D eigenvalue weighted by molar-refractivity contribution is -0.145. The van der Waals surface area contributed by atoms with Crippen molar-refractivity contribution in [2.75, 3.05) is 32.8 Å². The van der Waals surface area contributed by atoms with E-state index in [0.717, 1.165) is 17.8 Å². The van der Waals surface area contributed by atoms with Crippen LogP contribution < -0.4 is 98.2 Å². The monoisotopic (exact) mass is 1560 g/mol. The molecule has 2 rings (SSSR count). The van der Waals surface area contributed by atoms with E-state index in [1.165, 1.54) is 6.92 Å². The Bertz CT molecular complexity index is 3460. The predicted molar refractivity (Wildman–Crippen MR) is 405 cm³/mol. The van der Waals surface area contributed by atoms with Gasteiger partial charge in [-0.1, -0.05) is 86.4 Å². The van der Waals surface area contributed by atoms with Crippen molar-refractivity contribution in [1.29, 1.82) is 0 Å². The third-order valence-electron chi connectivity index (χ3n) is 17.9. The van der Waals surface area contributed by atoms with Crippen LogP contribution in [0.15, 0.2) is 40.4 Å². The molecule has 0 aliphatic heterocycles. The summed E-state index contributed by atoms with van der Waals surface area (Å²) in [4.78, 5) is 204. The molecule has 16 atom stereocenters. The van der Waals surface area contributed by atoms with E-state index in [1.807, 2.05) is 12.1 Å². The molecule has 0 aliphatic carbocycles. The molecule has 2 aromatic rings. The molecule has 110 heavy (non-hydrogen) atoms. The van der Waals surface area contributed by atoms with Crippen molar-refractivity contribution in [3.8, 4) is 0 Å². The summed E-state index contributed by atoms with van der Waals surface area (Å²) in [6.45, 7) is 14.2. The van der Waals surface area contributed by atoms with Gasteiger partial charge in [-0.15, -0.1) is 0 Å². The van der Waals surface area contributed by atoms with Crippen molar-refractivity contribution in [2.45, 2.75) is 237 Å². The summed E-state index contributed by atoms with van der Waals surface area (Å²) in [5, 5.41) is 80.1. The Balaban J connectivity index is 2.55. The van der Waals surface area contributed by atoms with Crippen LogP contribution in [0.1, 0.15) is 152 Å². The van der Waals surface area contributed by atoms with Gasteiger partial charge in [0.25, 0.3) is 0 Å². The quantitative estimate of drug-likeness (QED) is 0.0167. The Morgan fingerprint density at radius 3 is 1.30 bits per heavy atom. The number of carboxylic acids is 2. The normalized spacial score (nSPS) is 15.6. The first-order chi connectivity index (χ1) is 51.7. The highest BCUT2D eigenvalue weighted by Crippen LogP contribution is 2.21. The number of hydrogen-bond donors (Lipinski definition) is 24. The number of aromatic amines is 1. The molecule has 12 amide bonds. The maximum atomic E-state index is 14.7. The Kier molecular flexibility index (Phi) is 42.6. The predicted octanol–water partition coefficient (Wildman–Crippen LogP) is -5.78. The van der Waals surface area contributed by atoms with Crippen LogP contribution in [-0.2, 0) is 73.5 Å². The fourth-order valence-corrected chi connectivity index (χ4v) is 11.2.